The van der Waals surface area contributed by atoms with E-state index in [-0.39, 0.29) is 19.6 Å². The fourth-order valence-corrected chi connectivity index (χ4v) is 7.51. The minimum absolute atomic E-state index is 0.0463. The standard InChI is InChI=1S/C46H89N2O7P/c1-3-5-7-9-11-13-15-17-18-19-20-21-22-23-24-26-28-30-32-34-36-38-45(50)44(42-55-56(52,53)54-40-39-47)48-46(51)41-43(49)37-35-33-31-29-27-25-16-14-12-10-8-6-4-2/h12,14,16,25,36,38,43-45,49-50H,3-11,13,15,17-24,26-35,37,39-42,47H2,1-2H3,(H,48,51)(H,52,53)/b14-12-,25-16-,38-36+. The number of amides is 1. The molecular formula is C46H89N2O7P. The quantitative estimate of drug-likeness (QED) is 0.0177. The number of phosphoric ester groups is 1. The van der Waals surface area contributed by atoms with E-state index in [1.54, 1.807) is 6.08 Å². The van der Waals surface area contributed by atoms with Crippen LogP contribution < -0.4 is 11.1 Å². The van der Waals surface area contributed by atoms with Crippen LogP contribution in [0.5, 0.6) is 0 Å². The summed E-state index contributed by atoms with van der Waals surface area (Å²) in [6.45, 7) is 3.94. The Balaban J connectivity index is 4.28. The van der Waals surface area contributed by atoms with Crippen LogP contribution in [0.4, 0.5) is 0 Å². The molecule has 0 saturated heterocycles. The van der Waals surface area contributed by atoms with Crippen molar-refractivity contribution in [3.8, 4) is 0 Å². The fourth-order valence-electron chi connectivity index (χ4n) is 6.76. The maximum absolute atomic E-state index is 12.8. The second-order valence-electron chi connectivity index (χ2n) is 15.8. The molecule has 0 spiro atoms. The van der Waals surface area contributed by atoms with Crippen molar-refractivity contribution >= 4 is 13.7 Å². The Morgan fingerprint density at radius 3 is 1.52 bits per heavy atom. The van der Waals surface area contributed by atoms with Gasteiger partial charge in [0.05, 0.1) is 37.9 Å². The second-order valence-corrected chi connectivity index (χ2v) is 17.3. The number of carbonyl (C=O) groups is 1. The Kier molecular flexibility index (Phi) is 40.8. The molecule has 0 aromatic carbocycles. The highest BCUT2D eigenvalue weighted by Gasteiger charge is 2.27. The molecule has 9 nitrogen and oxygen atoms in total. The molecule has 6 N–H and O–H groups in total. The van der Waals surface area contributed by atoms with E-state index >= 15 is 0 Å². The van der Waals surface area contributed by atoms with E-state index in [0.29, 0.717) is 6.42 Å². The van der Waals surface area contributed by atoms with Crippen LogP contribution in [-0.4, -0.2) is 59.0 Å². The summed E-state index contributed by atoms with van der Waals surface area (Å²) in [6, 6.07) is -0.989. The summed E-state index contributed by atoms with van der Waals surface area (Å²) in [7, 11) is -4.40. The molecule has 0 heterocycles. The van der Waals surface area contributed by atoms with E-state index in [9.17, 15) is 24.5 Å². The van der Waals surface area contributed by atoms with Crippen molar-refractivity contribution in [1.29, 1.82) is 0 Å². The third kappa shape index (κ3) is 39.5. The summed E-state index contributed by atoms with van der Waals surface area (Å²) in [5.41, 5.74) is 5.37. The minimum Gasteiger partial charge on any atom is -0.393 e. The Labute approximate surface area is 344 Å². The number of phosphoric acid groups is 1. The van der Waals surface area contributed by atoms with E-state index in [0.717, 1.165) is 57.8 Å². The summed E-state index contributed by atoms with van der Waals surface area (Å²) in [4.78, 5) is 22.8. The van der Waals surface area contributed by atoms with Gasteiger partial charge in [0.15, 0.2) is 0 Å². The first kappa shape index (κ1) is 54.7. The van der Waals surface area contributed by atoms with Gasteiger partial charge in [-0.25, -0.2) is 4.57 Å². The minimum atomic E-state index is -4.40. The number of rotatable bonds is 43. The van der Waals surface area contributed by atoms with Crippen LogP contribution in [0.2, 0.25) is 0 Å². The second kappa shape index (κ2) is 41.8. The number of hydrogen-bond acceptors (Lipinski definition) is 7. The topological polar surface area (TPSA) is 151 Å². The van der Waals surface area contributed by atoms with Crippen molar-refractivity contribution in [3.05, 3.63) is 36.5 Å². The van der Waals surface area contributed by atoms with Crippen molar-refractivity contribution in [2.45, 2.75) is 231 Å². The monoisotopic (exact) mass is 813 g/mol. The van der Waals surface area contributed by atoms with Gasteiger partial charge < -0.3 is 26.2 Å². The summed E-state index contributed by atoms with van der Waals surface area (Å²) >= 11 is 0. The third-order valence-corrected chi connectivity index (χ3v) is 11.3. The summed E-state index contributed by atoms with van der Waals surface area (Å²) in [5, 5.41) is 24.1. The number of aliphatic hydroxyl groups excluding tert-OH is 2. The lowest BCUT2D eigenvalue weighted by atomic mass is 10.0. The predicted octanol–water partition coefficient (Wildman–Crippen LogP) is 12.1. The molecule has 330 valence electrons. The molecule has 4 atom stereocenters. The Hall–Kier alpha value is -1.32. The maximum Gasteiger partial charge on any atom is 0.472 e. The fraction of sp³-hybridized carbons (Fsp3) is 0.848. The molecule has 0 saturated carbocycles. The zero-order valence-electron chi connectivity index (χ0n) is 36.2. The third-order valence-electron chi connectivity index (χ3n) is 10.3. The first-order chi connectivity index (χ1) is 27.3. The smallest absolute Gasteiger partial charge is 0.393 e. The van der Waals surface area contributed by atoms with E-state index in [1.807, 2.05) is 6.08 Å². The highest BCUT2D eigenvalue weighted by atomic mass is 31.2. The van der Waals surface area contributed by atoms with E-state index < -0.39 is 38.6 Å². The van der Waals surface area contributed by atoms with Crippen molar-refractivity contribution in [2.75, 3.05) is 19.8 Å². The molecule has 56 heavy (non-hydrogen) atoms. The van der Waals surface area contributed by atoms with Crippen LogP contribution in [0.3, 0.4) is 0 Å². The van der Waals surface area contributed by atoms with Crippen LogP contribution in [0.25, 0.3) is 0 Å². The van der Waals surface area contributed by atoms with Crippen LogP contribution in [-0.2, 0) is 18.4 Å². The van der Waals surface area contributed by atoms with Crippen molar-refractivity contribution < 1.29 is 33.5 Å². The first-order valence-corrected chi connectivity index (χ1v) is 24.7. The Morgan fingerprint density at radius 1 is 0.625 bits per heavy atom. The number of aliphatic hydroxyl groups is 2. The molecule has 1 amide bonds. The summed E-state index contributed by atoms with van der Waals surface area (Å²) in [6.07, 6.45) is 46.6. The van der Waals surface area contributed by atoms with E-state index in [2.05, 4.69) is 43.5 Å². The zero-order chi connectivity index (χ0) is 41.2. The Bertz CT molecular complexity index is 993. The molecule has 0 radical (unpaired) electrons. The zero-order valence-corrected chi connectivity index (χ0v) is 37.1. The number of nitrogens with one attached hydrogen (secondary N) is 1. The first-order valence-electron chi connectivity index (χ1n) is 23.2. The van der Waals surface area contributed by atoms with Gasteiger partial charge in [-0.15, -0.1) is 0 Å². The molecule has 0 bridgehead atoms. The van der Waals surface area contributed by atoms with Gasteiger partial charge in [-0.1, -0.05) is 198 Å². The molecule has 0 aliphatic rings. The molecule has 0 fully saturated rings. The summed E-state index contributed by atoms with van der Waals surface area (Å²) in [5.74, 6) is -0.458. The molecule has 0 aliphatic carbocycles. The van der Waals surface area contributed by atoms with E-state index in [1.165, 1.54) is 128 Å². The molecule has 0 rings (SSSR count). The molecule has 4 unspecified atom stereocenters. The molecule has 10 heteroatoms. The number of unbranched alkanes of at least 4 members (excludes halogenated alkanes) is 26. The predicted molar refractivity (Wildman–Crippen MR) is 237 cm³/mol. The lowest BCUT2D eigenvalue weighted by Crippen LogP contribution is -2.46. The normalized spacial score (nSPS) is 14.9. The molecule has 0 aliphatic heterocycles. The summed E-state index contributed by atoms with van der Waals surface area (Å²) < 4.78 is 22.1. The largest absolute Gasteiger partial charge is 0.472 e. The van der Waals surface area contributed by atoms with Gasteiger partial charge in [0.2, 0.25) is 5.91 Å². The van der Waals surface area contributed by atoms with Crippen LogP contribution in [0.15, 0.2) is 36.5 Å². The lowest BCUT2D eigenvalue weighted by Gasteiger charge is -2.24. The van der Waals surface area contributed by atoms with Crippen molar-refractivity contribution in [2.24, 2.45) is 5.73 Å². The molecular weight excluding hydrogens is 723 g/mol. The van der Waals surface area contributed by atoms with Gasteiger partial charge >= 0.3 is 7.82 Å². The van der Waals surface area contributed by atoms with Gasteiger partial charge in [0, 0.05) is 6.54 Å². The van der Waals surface area contributed by atoms with Crippen LogP contribution in [0.1, 0.15) is 213 Å². The van der Waals surface area contributed by atoms with Crippen molar-refractivity contribution in [1.82, 2.24) is 5.32 Å². The van der Waals surface area contributed by atoms with E-state index in [4.69, 9.17) is 14.8 Å². The highest BCUT2D eigenvalue weighted by molar-refractivity contribution is 7.47. The molecule has 0 aromatic rings. The number of hydrogen-bond donors (Lipinski definition) is 5. The van der Waals surface area contributed by atoms with Gasteiger partial charge in [-0.2, -0.15) is 0 Å². The van der Waals surface area contributed by atoms with Gasteiger partial charge in [-0.05, 0) is 44.9 Å². The SMILES string of the molecule is CCCCC/C=C\C=C/CCCCCCC(O)CC(=O)NC(COP(=O)(O)OCCN)C(O)/C=C/CCCCCCCCCCCCCCCCCCCCC. The van der Waals surface area contributed by atoms with Crippen LogP contribution >= 0.6 is 7.82 Å². The average Bonchev–Trinajstić information content (AvgIpc) is 3.17. The lowest BCUT2D eigenvalue weighted by molar-refractivity contribution is -0.124. The van der Waals surface area contributed by atoms with Gasteiger partial charge in [0.25, 0.3) is 0 Å². The maximum atomic E-state index is 12.8. The number of carbonyl (C=O) groups excluding carboxylic acids is 1. The van der Waals surface area contributed by atoms with Gasteiger partial charge in [0.1, 0.15) is 0 Å². The molecule has 0 aromatic heterocycles. The number of nitrogens with two attached hydrogens (primary N) is 1. The van der Waals surface area contributed by atoms with Crippen molar-refractivity contribution in [3.63, 3.8) is 0 Å². The average molecular weight is 813 g/mol. The Morgan fingerprint density at radius 2 is 1.04 bits per heavy atom. The van der Waals surface area contributed by atoms with Gasteiger partial charge in [-0.3, -0.25) is 13.8 Å². The highest BCUT2D eigenvalue weighted by Crippen LogP contribution is 2.43. The van der Waals surface area contributed by atoms with Crippen LogP contribution in [0, 0.1) is 0 Å². The number of allylic oxidation sites excluding steroid dienone is 5.